The van der Waals surface area contributed by atoms with Gasteiger partial charge in [-0.25, -0.2) is 0 Å². The SMILES string of the molecule is Cc1ccc(SCC(=O)N2CCN(C(=O)CCc3ccccc3)CC2)cc1Cl. The van der Waals surface area contributed by atoms with E-state index < -0.39 is 0 Å². The first kappa shape index (κ1) is 20.7. The fourth-order valence-corrected chi connectivity index (χ4v) is 4.24. The van der Waals surface area contributed by atoms with Gasteiger partial charge in [-0.2, -0.15) is 0 Å². The first-order valence-electron chi connectivity index (χ1n) is 9.51. The van der Waals surface area contributed by atoms with Crippen LogP contribution >= 0.6 is 23.4 Å². The van der Waals surface area contributed by atoms with Crippen LogP contribution in [0.15, 0.2) is 53.4 Å². The van der Waals surface area contributed by atoms with E-state index in [0.717, 1.165) is 21.9 Å². The lowest BCUT2D eigenvalue weighted by Gasteiger charge is -2.35. The summed E-state index contributed by atoms with van der Waals surface area (Å²) in [4.78, 5) is 29.6. The topological polar surface area (TPSA) is 40.6 Å². The van der Waals surface area contributed by atoms with E-state index in [1.807, 2.05) is 65.3 Å². The first-order chi connectivity index (χ1) is 13.5. The fourth-order valence-electron chi connectivity index (χ4n) is 3.16. The summed E-state index contributed by atoms with van der Waals surface area (Å²) >= 11 is 7.64. The van der Waals surface area contributed by atoms with E-state index in [2.05, 4.69) is 0 Å². The van der Waals surface area contributed by atoms with Gasteiger partial charge in [0.1, 0.15) is 0 Å². The van der Waals surface area contributed by atoms with Crippen molar-refractivity contribution in [1.82, 2.24) is 9.80 Å². The standard InChI is InChI=1S/C22H25ClN2O2S/c1-17-7-9-19(15-20(17)23)28-16-22(27)25-13-11-24(12-14-25)21(26)10-8-18-5-3-2-4-6-18/h2-7,9,15H,8,10-14,16H2,1H3. The fraction of sp³-hybridized carbons (Fsp3) is 0.364. The van der Waals surface area contributed by atoms with E-state index in [0.29, 0.717) is 38.4 Å². The molecule has 0 unspecified atom stereocenters. The molecule has 1 heterocycles. The number of rotatable bonds is 6. The van der Waals surface area contributed by atoms with Gasteiger partial charge in [0.2, 0.25) is 11.8 Å². The van der Waals surface area contributed by atoms with E-state index in [1.165, 1.54) is 17.3 Å². The molecule has 0 aromatic heterocycles. The number of aryl methyl sites for hydroxylation is 2. The molecular weight excluding hydrogens is 392 g/mol. The summed E-state index contributed by atoms with van der Waals surface area (Å²) in [6.07, 6.45) is 1.27. The number of carbonyl (C=O) groups is 2. The van der Waals surface area contributed by atoms with Crippen LogP contribution in [0.3, 0.4) is 0 Å². The van der Waals surface area contributed by atoms with Gasteiger partial charge in [-0.05, 0) is 36.6 Å². The zero-order valence-corrected chi connectivity index (χ0v) is 17.6. The number of thioether (sulfide) groups is 1. The van der Waals surface area contributed by atoms with Crippen LogP contribution in [0.1, 0.15) is 17.5 Å². The van der Waals surface area contributed by atoms with Gasteiger partial charge in [0, 0.05) is 42.5 Å². The predicted molar refractivity (Wildman–Crippen MR) is 115 cm³/mol. The molecule has 4 nitrogen and oxygen atoms in total. The molecule has 1 aliphatic rings. The number of halogens is 1. The van der Waals surface area contributed by atoms with Gasteiger partial charge in [0.25, 0.3) is 0 Å². The number of hydrogen-bond acceptors (Lipinski definition) is 3. The molecule has 0 radical (unpaired) electrons. The third-order valence-electron chi connectivity index (χ3n) is 4.96. The van der Waals surface area contributed by atoms with E-state index >= 15 is 0 Å². The molecule has 3 rings (SSSR count). The highest BCUT2D eigenvalue weighted by Gasteiger charge is 2.23. The van der Waals surface area contributed by atoms with E-state index in [4.69, 9.17) is 11.6 Å². The minimum Gasteiger partial charge on any atom is -0.339 e. The maximum absolute atomic E-state index is 12.5. The van der Waals surface area contributed by atoms with Crippen LogP contribution in [0.2, 0.25) is 5.02 Å². The molecule has 148 valence electrons. The Labute approximate surface area is 175 Å². The Kier molecular flexibility index (Phi) is 7.40. The Morgan fingerprint density at radius 1 is 0.964 bits per heavy atom. The molecule has 0 bridgehead atoms. The highest BCUT2D eigenvalue weighted by molar-refractivity contribution is 8.00. The summed E-state index contributed by atoms with van der Waals surface area (Å²) in [7, 11) is 0. The number of benzene rings is 2. The van der Waals surface area contributed by atoms with E-state index in [-0.39, 0.29) is 11.8 Å². The van der Waals surface area contributed by atoms with Gasteiger partial charge in [-0.15, -0.1) is 11.8 Å². The molecule has 2 aromatic carbocycles. The lowest BCUT2D eigenvalue weighted by atomic mass is 10.1. The molecule has 0 spiro atoms. The molecule has 0 aliphatic carbocycles. The van der Waals surface area contributed by atoms with Crippen molar-refractivity contribution >= 4 is 35.2 Å². The minimum absolute atomic E-state index is 0.109. The molecule has 0 saturated carbocycles. The molecule has 1 fully saturated rings. The number of hydrogen-bond donors (Lipinski definition) is 0. The van der Waals surface area contributed by atoms with Crippen LogP contribution in [0.5, 0.6) is 0 Å². The monoisotopic (exact) mass is 416 g/mol. The van der Waals surface area contributed by atoms with Crippen molar-refractivity contribution in [2.45, 2.75) is 24.7 Å². The largest absolute Gasteiger partial charge is 0.339 e. The van der Waals surface area contributed by atoms with Crippen molar-refractivity contribution in [3.8, 4) is 0 Å². The number of piperazine rings is 1. The highest BCUT2D eigenvalue weighted by atomic mass is 35.5. The van der Waals surface area contributed by atoms with Gasteiger partial charge in [0.15, 0.2) is 0 Å². The second kappa shape index (κ2) is 9.99. The van der Waals surface area contributed by atoms with Crippen molar-refractivity contribution in [3.05, 3.63) is 64.7 Å². The third kappa shape index (κ3) is 5.76. The normalized spacial score (nSPS) is 14.2. The third-order valence-corrected chi connectivity index (χ3v) is 6.35. The summed E-state index contributed by atoms with van der Waals surface area (Å²) < 4.78 is 0. The maximum atomic E-state index is 12.5. The van der Waals surface area contributed by atoms with Crippen molar-refractivity contribution in [1.29, 1.82) is 0 Å². The van der Waals surface area contributed by atoms with Crippen LogP contribution in [-0.2, 0) is 16.0 Å². The predicted octanol–water partition coefficient (Wildman–Crippen LogP) is 4.04. The molecule has 0 N–H and O–H groups in total. The molecule has 2 amide bonds. The lowest BCUT2D eigenvalue weighted by molar-refractivity contribution is -0.138. The molecule has 28 heavy (non-hydrogen) atoms. The second-order valence-corrected chi connectivity index (χ2v) is 8.40. The summed E-state index contributed by atoms with van der Waals surface area (Å²) in [6.45, 7) is 4.39. The first-order valence-corrected chi connectivity index (χ1v) is 10.9. The summed E-state index contributed by atoms with van der Waals surface area (Å²) in [5, 5.41) is 0.722. The van der Waals surface area contributed by atoms with Crippen molar-refractivity contribution in [2.75, 3.05) is 31.9 Å². The Morgan fingerprint density at radius 2 is 1.61 bits per heavy atom. The highest BCUT2D eigenvalue weighted by Crippen LogP contribution is 2.24. The smallest absolute Gasteiger partial charge is 0.233 e. The number of carbonyl (C=O) groups excluding carboxylic acids is 2. The average molecular weight is 417 g/mol. The zero-order chi connectivity index (χ0) is 19.9. The Morgan fingerprint density at radius 3 is 2.25 bits per heavy atom. The van der Waals surface area contributed by atoms with E-state index in [1.54, 1.807) is 0 Å². The lowest BCUT2D eigenvalue weighted by Crippen LogP contribution is -2.51. The van der Waals surface area contributed by atoms with E-state index in [9.17, 15) is 9.59 Å². The van der Waals surface area contributed by atoms with Gasteiger partial charge >= 0.3 is 0 Å². The zero-order valence-electron chi connectivity index (χ0n) is 16.1. The van der Waals surface area contributed by atoms with Gasteiger partial charge in [-0.3, -0.25) is 9.59 Å². The van der Waals surface area contributed by atoms with Crippen LogP contribution in [0.4, 0.5) is 0 Å². The van der Waals surface area contributed by atoms with Crippen LogP contribution in [-0.4, -0.2) is 53.5 Å². The van der Waals surface area contributed by atoms with Crippen molar-refractivity contribution in [2.24, 2.45) is 0 Å². The van der Waals surface area contributed by atoms with Crippen molar-refractivity contribution < 1.29 is 9.59 Å². The molecule has 2 aromatic rings. The summed E-state index contributed by atoms with van der Waals surface area (Å²) in [5.74, 6) is 0.666. The molecule has 1 aliphatic heterocycles. The quantitative estimate of drug-likeness (QED) is 0.667. The summed E-state index contributed by atoms with van der Waals surface area (Å²) in [6, 6.07) is 15.9. The van der Waals surface area contributed by atoms with Gasteiger partial charge in [-0.1, -0.05) is 48.0 Å². The average Bonchev–Trinajstić information content (AvgIpc) is 2.73. The van der Waals surface area contributed by atoms with Crippen LogP contribution < -0.4 is 0 Å². The minimum atomic E-state index is 0.109. The van der Waals surface area contributed by atoms with Gasteiger partial charge < -0.3 is 9.80 Å². The van der Waals surface area contributed by atoms with Gasteiger partial charge in [0.05, 0.1) is 5.75 Å². The molecule has 1 saturated heterocycles. The molecular formula is C22H25ClN2O2S. The summed E-state index contributed by atoms with van der Waals surface area (Å²) in [5.41, 5.74) is 2.21. The second-order valence-electron chi connectivity index (χ2n) is 6.95. The van der Waals surface area contributed by atoms with Crippen LogP contribution in [0, 0.1) is 6.92 Å². The van der Waals surface area contributed by atoms with Crippen molar-refractivity contribution in [3.63, 3.8) is 0 Å². The van der Waals surface area contributed by atoms with Crippen LogP contribution in [0.25, 0.3) is 0 Å². The number of nitrogens with zero attached hydrogens (tertiary/aromatic N) is 2. The Hall–Kier alpha value is -1.98. The maximum Gasteiger partial charge on any atom is 0.233 e. The Balaban J connectivity index is 1.40. The molecule has 6 heteroatoms. The number of amides is 2. The molecule has 0 atom stereocenters. The Bertz CT molecular complexity index is 821.